The van der Waals surface area contributed by atoms with E-state index in [1.54, 1.807) is 6.92 Å². The van der Waals surface area contributed by atoms with Crippen molar-refractivity contribution < 1.29 is 9.59 Å². The van der Waals surface area contributed by atoms with E-state index < -0.39 is 6.04 Å². The molecule has 0 spiro atoms. The SMILES string of the molecule is CCC(C)NC(=O)C(C)NC(=O)[C@@H]1CCC[C@@H]1CN. The third-order valence-electron chi connectivity index (χ3n) is 4.05. The molecule has 0 aliphatic heterocycles. The van der Waals surface area contributed by atoms with Gasteiger partial charge in [0, 0.05) is 12.0 Å². The first kappa shape index (κ1) is 16.0. The van der Waals surface area contributed by atoms with E-state index in [4.69, 9.17) is 5.73 Å². The lowest BCUT2D eigenvalue weighted by atomic mass is 9.95. The zero-order chi connectivity index (χ0) is 14.4. The molecule has 5 heteroatoms. The molecule has 0 bridgehead atoms. The lowest BCUT2D eigenvalue weighted by Gasteiger charge is -2.21. The average molecular weight is 269 g/mol. The van der Waals surface area contributed by atoms with E-state index in [0.29, 0.717) is 6.54 Å². The van der Waals surface area contributed by atoms with Gasteiger partial charge in [-0.15, -0.1) is 0 Å². The summed E-state index contributed by atoms with van der Waals surface area (Å²) < 4.78 is 0. The number of hydrogen-bond donors (Lipinski definition) is 3. The molecule has 2 amide bonds. The summed E-state index contributed by atoms with van der Waals surface area (Å²) in [6.07, 6.45) is 3.83. The second-order valence-electron chi connectivity index (χ2n) is 5.58. The Labute approximate surface area is 115 Å². The van der Waals surface area contributed by atoms with Gasteiger partial charge in [-0.05, 0) is 45.6 Å². The molecule has 0 aromatic heterocycles. The van der Waals surface area contributed by atoms with E-state index in [1.807, 2.05) is 13.8 Å². The Kier molecular flexibility index (Phi) is 6.28. The first-order chi connectivity index (χ1) is 8.99. The van der Waals surface area contributed by atoms with Crippen LogP contribution in [0.25, 0.3) is 0 Å². The quantitative estimate of drug-likeness (QED) is 0.666. The van der Waals surface area contributed by atoms with Gasteiger partial charge < -0.3 is 16.4 Å². The van der Waals surface area contributed by atoms with Crippen LogP contribution in [0.4, 0.5) is 0 Å². The predicted molar refractivity (Wildman–Crippen MR) is 75.4 cm³/mol. The molecule has 1 fully saturated rings. The number of carbonyl (C=O) groups excluding carboxylic acids is 2. The predicted octanol–water partition coefficient (Wildman–Crippen LogP) is 0.781. The third kappa shape index (κ3) is 4.49. The van der Waals surface area contributed by atoms with E-state index in [1.165, 1.54) is 0 Å². The molecule has 4 atom stereocenters. The molecule has 1 aliphatic rings. The zero-order valence-electron chi connectivity index (χ0n) is 12.2. The number of nitrogens with one attached hydrogen (secondary N) is 2. The van der Waals surface area contributed by atoms with Gasteiger partial charge in [-0.2, -0.15) is 0 Å². The Morgan fingerprint density at radius 1 is 1.26 bits per heavy atom. The van der Waals surface area contributed by atoms with Gasteiger partial charge in [0.05, 0.1) is 0 Å². The molecule has 0 heterocycles. The average Bonchev–Trinajstić information content (AvgIpc) is 2.86. The maximum absolute atomic E-state index is 12.1. The normalized spacial score (nSPS) is 25.7. The van der Waals surface area contributed by atoms with Crippen LogP contribution in [0.1, 0.15) is 46.5 Å². The summed E-state index contributed by atoms with van der Waals surface area (Å²) in [6, 6.07) is -0.351. The van der Waals surface area contributed by atoms with Gasteiger partial charge >= 0.3 is 0 Å². The van der Waals surface area contributed by atoms with Crippen molar-refractivity contribution in [2.24, 2.45) is 17.6 Å². The number of nitrogens with two attached hydrogens (primary N) is 1. The third-order valence-corrected chi connectivity index (χ3v) is 4.05. The summed E-state index contributed by atoms with van der Waals surface area (Å²) in [5.74, 6) is 0.0958. The minimum absolute atomic E-state index is 0.0242. The number of carbonyl (C=O) groups is 2. The summed E-state index contributed by atoms with van der Waals surface area (Å²) in [5.41, 5.74) is 5.68. The fraction of sp³-hybridized carbons (Fsp3) is 0.857. The van der Waals surface area contributed by atoms with Crippen molar-refractivity contribution in [2.75, 3.05) is 6.54 Å². The molecule has 1 aliphatic carbocycles. The second kappa shape index (κ2) is 7.48. The van der Waals surface area contributed by atoms with E-state index >= 15 is 0 Å². The van der Waals surface area contributed by atoms with Crippen LogP contribution in [0.15, 0.2) is 0 Å². The molecule has 4 N–H and O–H groups in total. The Morgan fingerprint density at radius 2 is 1.95 bits per heavy atom. The van der Waals surface area contributed by atoms with Crippen molar-refractivity contribution in [3.8, 4) is 0 Å². The van der Waals surface area contributed by atoms with E-state index in [9.17, 15) is 9.59 Å². The van der Waals surface area contributed by atoms with E-state index in [0.717, 1.165) is 25.7 Å². The van der Waals surface area contributed by atoms with Gasteiger partial charge in [-0.25, -0.2) is 0 Å². The van der Waals surface area contributed by atoms with Crippen LogP contribution in [0.5, 0.6) is 0 Å². The van der Waals surface area contributed by atoms with Crippen LogP contribution in [0.2, 0.25) is 0 Å². The molecule has 19 heavy (non-hydrogen) atoms. The topological polar surface area (TPSA) is 84.2 Å². The molecule has 0 aromatic rings. The van der Waals surface area contributed by atoms with Gasteiger partial charge in [0.2, 0.25) is 11.8 Å². The summed E-state index contributed by atoms with van der Waals surface area (Å²) in [4.78, 5) is 24.0. The number of rotatable bonds is 6. The Hall–Kier alpha value is -1.10. The maximum Gasteiger partial charge on any atom is 0.242 e. The molecule has 1 rings (SSSR count). The van der Waals surface area contributed by atoms with Crippen molar-refractivity contribution in [1.29, 1.82) is 0 Å². The molecule has 5 nitrogen and oxygen atoms in total. The van der Waals surface area contributed by atoms with Gasteiger partial charge in [0.15, 0.2) is 0 Å². The first-order valence-electron chi connectivity index (χ1n) is 7.30. The maximum atomic E-state index is 12.1. The standard InChI is InChI=1S/C14H27N3O2/c1-4-9(2)16-13(18)10(3)17-14(19)12-7-5-6-11(12)8-15/h9-12H,4-8,15H2,1-3H3,(H,16,18)(H,17,19)/t9?,10?,11-,12-/m1/s1. The van der Waals surface area contributed by atoms with Crippen molar-refractivity contribution in [3.05, 3.63) is 0 Å². The van der Waals surface area contributed by atoms with Gasteiger partial charge in [0.1, 0.15) is 6.04 Å². The van der Waals surface area contributed by atoms with E-state index in [-0.39, 0.29) is 29.7 Å². The highest BCUT2D eigenvalue weighted by Crippen LogP contribution is 2.30. The van der Waals surface area contributed by atoms with Crippen LogP contribution in [0, 0.1) is 11.8 Å². The smallest absolute Gasteiger partial charge is 0.242 e. The zero-order valence-corrected chi connectivity index (χ0v) is 12.2. The molecule has 0 radical (unpaired) electrons. The van der Waals surface area contributed by atoms with Gasteiger partial charge in [-0.1, -0.05) is 13.3 Å². The highest BCUT2D eigenvalue weighted by molar-refractivity contribution is 5.88. The van der Waals surface area contributed by atoms with Crippen molar-refractivity contribution in [2.45, 2.75) is 58.5 Å². The van der Waals surface area contributed by atoms with Gasteiger partial charge in [0.25, 0.3) is 0 Å². The molecular formula is C14H27N3O2. The van der Waals surface area contributed by atoms with Crippen LogP contribution in [-0.2, 0) is 9.59 Å². The van der Waals surface area contributed by atoms with Crippen LogP contribution in [0.3, 0.4) is 0 Å². The van der Waals surface area contributed by atoms with Crippen LogP contribution in [-0.4, -0.2) is 30.4 Å². The Balaban J connectivity index is 2.45. The van der Waals surface area contributed by atoms with Crippen molar-refractivity contribution in [3.63, 3.8) is 0 Å². The lowest BCUT2D eigenvalue weighted by molar-refractivity contribution is -0.131. The minimum Gasteiger partial charge on any atom is -0.352 e. The lowest BCUT2D eigenvalue weighted by Crippen LogP contribution is -2.49. The van der Waals surface area contributed by atoms with Gasteiger partial charge in [-0.3, -0.25) is 9.59 Å². The number of hydrogen-bond acceptors (Lipinski definition) is 3. The molecule has 110 valence electrons. The molecular weight excluding hydrogens is 242 g/mol. The molecule has 1 saturated carbocycles. The van der Waals surface area contributed by atoms with E-state index in [2.05, 4.69) is 10.6 Å². The minimum atomic E-state index is -0.486. The first-order valence-corrected chi connectivity index (χ1v) is 7.30. The van der Waals surface area contributed by atoms with Crippen molar-refractivity contribution >= 4 is 11.8 Å². The van der Waals surface area contributed by atoms with Crippen LogP contribution >= 0.6 is 0 Å². The van der Waals surface area contributed by atoms with Crippen molar-refractivity contribution in [1.82, 2.24) is 10.6 Å². The fourth-order valence-electron chi connectivity index (χ4n) is 2.52. The second-order valence-corrected chi connectivity index (χ2v) is 5.58. The summed E-state index contributed by atoms with van der Waals surface area (Å²) in [7, 11) is 0. The molecule has 0 aromatic carbocycles. The Bertz CT molecular complexity index is 320. The Morgan fingerprint density at radius 3 is 2.53 bits per heavy atom. The summed E-state index contributed by atoms with van der Waals surface area (Å²) in [6.45, 7) is 6.24. The highest BCUT2D eigenvalue weighted by Gasteiger charge is 2.33. The monoisotopic (exact) mass is 269 g/mol. The summed E-state index contributed by atoms with van der Waals surface area (Å²) in [5, 5.41) is 5.68. The summed E-state index contributed by atoms with van der Waals surface area (Å²) >= 11 is 0. The molecule has 2 unspecified atom stereocenters. The highest BCUT2D eigenvalue weighted by atomic mass is 16.2. The largest absolute Gasteiger partial charge is 0.352 e. The number of amides is 2. The van der Waals surface area contributed by atoms with Crippen LogP contribution < -0.4 is 16.4 Å². The molecule has 0 saturated heterocycles. The fourth-order valence-corrected chi connectivity index (χ4v) is 2.52.